The average molecular weight is 289 g/mol. The fourth-order valence-corrected chi connectivity index (χ4v) is 3.68. The molecule has 0 bridgehead atoms. The Morgan fingerprint density at radius 1 is 1.29 bits per heavy atom. The molecule has 1 saturated heterocycles. The first-order valence-electron chi connectivity index (χ1n) is 8.21. The van der Waals surface area contributed by atoms with Gasteiger partial charge in [-0.2, -0.15) is 0 Å². The van der Waals surface area contributed by atoms with Gasteiger partial charge in [0.1, 0.15) is 0 Å². The van der Waals surface area contributed by atoms with Gasteiger partial charge in [0.05, 0.1) is 13.1 Å². The molecule has 0 radical (unpaired) electrons. The van der Waals surface area contributed by atoms with Crippen molar-refractivity contribution in [2.24, 2.45) is 11.8 Å². The third kappa shape index (κ3) is 4.31. The van der Waals surface area contributed by atoms with Crippen molar-refractivity contribution in [1.82, 2.24) is 0 Å². The lowest BCUT2D eigenvalue weighted by molar-refractivity contribution is -0.904. The molecule has 2 rings (SSSR count). The number of carbonyl (C=O) groups excluding carboxylic acids is 1. The molecular weight excluding hydrogens is 260 g/mol. The van der Waals surface area contributed by atoms with E-state index in [2.05, 4.69) is 51.2 Å². The maximum absolute atomic E-state index is 12.4. The van der Waals surface area contributed by atoms with Crippen molar-refractivity contribution in [3.8, 4) is 0 Å². The first-order valence-corrected chi connectivity index (χ1v) is 8.21. The van der Waals surface area contributed by atoms with Crippen LogP contribution in [0.1, 0.15) is 38.3 Å². The molecule has 0 aliphatic carbocycles. The molecule has 0 aromatic heterocycles. The summed E-state index contributed by atoms with van der Waals surface area (Å²) in [5.74, 6) is 1.60. The monoisotopic (exact) mass is 289 g/mol. The summed E-state index contributed by atoms with van der Waals surface area (Å²) < 4.78 is 0. The third-order valence-electron chi connectivity index (χ3n) is 4.49. The van der Waals surface area contributed by atoms with Gasteiger partial charge in [-0.05, 0) is 30.9 Å². The molecule has 116 valence electrons. The summed E-state index contributed by atoms with van der Waals surface area (Å²) in [6.07, 6.45) is 2.24. The van der Waals surface area contributed by atoms with Gasteiger partial charge in [0.15, 0.2) is 6.54 Å². The summed E-state index contributed by atoms with van der Waals surface area (Å²) in [4.78, 5) is 13.8. The van der Waals surface area contributed by atoms with Crippen LogP contribution in [0.4, 0.5) is 5.69 Å². The summed E-state index contributed by atoms with van der Waals surface area (Å²) >= 11 is 0. The van der Waals surface area contributed by atoms with Crippen LogP contribution in [0.5, 0.6) is 0 Å². The zero-order valence-corrected chi connectivity index (χ0v) is 13.8. The van der Waals surface area contributed by atoms with E-state index in [1.165, 1.54) is 16.9 Å². The van der Waals surface area contributed by atoms with Crippen molar-refractivity contribution < 1.29 is 9.69 Å². The molecular formula is C18H29N2O+. The summed E-state index contributed by atoms with van der Waals surface area (Å²) in [6.45, 7) is 11.6. The van der Waals surface area contributed by atoms with Gasteiger partial charge in [-0.3, -0.25) is 4.79 Å². The highest BCUT2D eigenvalue weighted by Crippen LogP contribution is 2.20. The van der Waals surface area contributed by atoms with Crippen molar-refractivity contribution in [1.29, 1.82) is 0 Å². The van der Waals surface area contributed by atoms with Gasteiger partial charge in [-0.25, -0.2) is 0 Å². The lowest BCUT2D eigenvalue weighted by atomic mass is 9.92. The summed E-state index contributed by atoms with van der Waals surface area (Å²) in [5.41, 5.74) is 3.39. The van der Waals surface area contributed by atoms with Crippen LogP contribution in [0.25, 0.3) is 0 Å². The van der Waals surface area contributed by atoms with Gasteiger partial charge in [0, 0.05) is 17.5 Å². The first-order chi connectivity index (χ1) is 9.99. The van der Waals surface area contributed by atoms with Crippen molar-refractivity contribution in [3.05, 3.63) is 29.3 Å². The Labute approximate surface area is 128 Å². The molecule has 0 spiro atoms. The van der Waals surface area contributed by atoms with E-state index in [1.54, 1.807) is 0 Å². The fraction of sp³-hybridized carbons (Fsp3) is 0.611. The topological polar surface area (TPSA) is 33.5 Å². The van der Waals surface area contributed by atoms with Crippen molar-refractivity contribution in [2.75, 3.05) is 25.0 Å². The van der Waals surface area contributed by atoms with Crippen LogP contribution in [0.15, 0.2) is 18.2 Å². The minimum Gasteiger partial charge on any atom is -0.327 e. The second-order valence-electron chi connectivity index (χ2n) is 6.79. The van der Waals surface area contributed by atoms with Crippen molar-refractivity contribution in [3.63, 3.8) is 0 Å². The lowest BCUT2D eigenvalue weighted by Gasteiger charge is -2.31. The first kappa shape index (κ1) is 16.0. The number of piperidine rings is 1. The second kappa shape index (κ2) is 7.08. The molecule has 1 heterocycles. The number of quaternary nitrogens is 1. The highest BCUT2D eigenvalue weighted by molar-refractivity contribution is 5.93. The van der Waals surface area contributed by atoms with E-state index in [1.807, 2.05) is 0 Å². The summed E-state index contributed by atoms with van der Waals surface area (Å²) in [7, 11) is 0. The number of aryl methyl sites for hydroxylation is 2. The number of benzene rings is 1. The van der Waals surface area contributed by atoms with E-state index < -0.39 is 0 Å². The Hall–Kier alpha value is -1.35. The Morgan fingerprint density at radius 3 is 2.57 bits per heavy atom. The molecule has 2 atom stereocenters. The molecule has 2 N–H and O–H groups in total. The molecule has 1 amide bonds. The quantitative estimate of drug-likeness (QED) is 0.874. The zero-order chi connectivity index (χ0) is 15.4. The Morgan fingerprint density at radius 2 is 1.95 bits per heavy atom. The van der Waals surface area contributed by atoms with Crippen molar-refractivity contribution in [2.45, 2.75) is 40.5 Å². The number of likely N-dealkylation sites (tertiary alicyclic amines) is 1. The Bertz CT molecular complexity index is 488. The molecule has 0 unspecified atom stereocenters. The maximum atomic E-state index is 12.4. The van der Waals surface area contributed by atoms with Crippen LogP contribution in [0.3, 0.4) is 0 Å². The zero-order valence-electron chi connectivity index (χ0n) is 13.8. The second-order valence-corrected chi connectivity index (χ2v) is 6.79. The molecule has 1 aromatic rings. The van der Waals surface area contributed by atoms with Gasteiger partial charge >= 0.3 is 0 Å². The molecule has 3 heteroatoms. The standard InChI is InChI=1S/C18H28N2O/c1-5-16-8-6-7-15(4)18(16)19-17(21)12-20-10-13(2)9-14(3)11-20/h6-8,13-14H,5,9-12H2,1-4H3,(H,19,21)/p+1/t13-,14-/m0/s1. The van der Waals surface area contributed by atoms with E-state index in [0.29, 0.717) is 6.54 Å². The minimum absolute atomic E-state index is 0.148. The third-order valence-corrected chi connectivity index (χ3v) is 4.49. The molecule has 1 aromatic carbocycles. The predicted molar refractivity (Wildman–Crippen MR) is 87.7 cm³/mol. The molecule has 0 saturated carbocycles. The number of carbonyl (C=O) groups is 1. The van der Waals surface area contributed by atoms with Gasteiger partial charge in [0.25, 0.3) is 5.91 Å². The lowest BCUT2D eigenvalue weighted by Crippen LogP contribution is -3.15. The number of hydrogen-bond donors (Lipinski definition) is 2. The van der Waals surface area contributed by atoms with Gasteiger partial charge < -0.3 is 10.2 Å². The van der Waals surface area contributed by atoms with Crippen LogP contribution < -0.4 is 10.2 Å². The largest absolute Gasteiger partial charge is 0.327 e. The highest BCUT2D eigenvalue weighted by atomic mass is 16.2. The van der Waals surface area contributed by atoms with E-state index in [-0.39, 0.29) is 5.91 Å². The van der Waals surface area contributed by atoms with E-state index in [4.69, 9.17) is 0 Å². The van der Waals surface area contributed by atoms with E-state index in [9.17, 15) is 4.79 Å². The Kier molecular flexibility index (Phi) is 5.40. The smallest absolute Gasteiger partial charge is 0.279 e. The van der Waals surface area contributed by atoms with Crippen LogP contribution in [0.2, 0.25) is 0 Å². The molecule has 1 aliphatic heterocycles. The Balaban J connectivity index is 1.99. The normalized spacial score (nSPS) is 25.6. The van der Waals surface area contributed by atoms with E-state index >= 15 is 0 Å². The number of anilines is 1. The van der Waals surface area contributed by atoms with E-state index in [0.717, 1.165) is 42.6 Å². The SMILES string of the molecule is CCc1cccc(C)c1NC(=O)C[NH+]1C[C@@H](C)C[C@H](C)C1. The number of para-hydroxylation sites is 1. The number of amides is 1. The minimum atomic E-state index is 0.148. The van der Waals surface area contributed by atoms with Crippen LogP contribution in [-0.2, 0) is 11.2 Å². The molecule has 21 heavy (non-hydrogen) atoms. The fourth-order valence-electron chi connectivity index (χ4n) is 3.68. The highest BCUT2D eigenvalue weighted by Gasteiger charge is 2.26. The summed E-state index contributed by atoms with van der Waals surface area (Å²) in [5, 5.41) is 3.15. The van der Waals surface area contributed by atoms with Crippen LogP contribution >= 0.6 is 0 Å². The van der Waals surface area contributed by atoms with Gasteiger partial charge in [-0.15, -0.1) is 0 Å². The number of rotatable bonds is 4. The number of nitrogens with one attached hydrogen (secondary N) is 2. The van der Waals surface area contributed by atoms with Gasteiger partial charge in [0.2, 0.25) is 0 Å². The molecule has 1 aliphatic rings. The molecule has 1 fully saturated rings. The average Bonchev–Trinajstić information content (AvgIpc) is 2.39. The maximum Gasteiger partial charge on any atom is 0.279 e. The van der Waals surface area contributed by atoms with Gasteiger partial charge in [-0.1, -0.05) is 39.0 Å². The number of hydrogen-bond acceptors (Lipinski definition) is 1. The van der Waals surface area contributed by atoms with Crippen molar-refractivity contribution >= 4 is 11.6 Å². The predicted octanol–water partition coefficient (Wildman–Crippen LogP) is 2.06. The van der Waals surface area contributed by atoms with Crippen LogP contribution in [-0.4, -0.2) is 25.5 Å². The molecule has 3 nitrogen and oxygen atoms in total. The van der Waals surface area contributed by atoms with Crippen LogP contribution in [0, 0.1) is 18.8 Å². The summed E-state index contributed by atoms with van der Waals surface area (Å²) in [6, 6.07) is 6.22.